The molecule has 1 atom stereocenters. The predicted octanol–water partition coefficient (Wildman–Crippen LogP) is 1.01. The lowest BCUT2D eigenvalue weighted by molar-refractivity contribution is 0.0696. The van der Waals surface area contributed by atoms with E-state index in [1.54, 1.807) is 6.92 Å². The van der Waals surface area contributed by atoms with E-state index in [-0.39, 0.29) is 16.4 Å². The summed E-state index contributed by atoms with van der Waals surface area (Å²) >= 11 is 0. The largest absolute Gasteiger partial charge is 0.478 e. The number of aryl methyl sites for hydroxylation is 1. The second kappa shape index (κ2) is 5.90. The van der Waals surface area contributed by atoms with Crippen LogP contribution in [0.4, 0.5) is 0 Å². The van der Waals surface area contributed by atoms with Gasteiger partial charge < -0.3 is 9.84 Å². The molecular formula is C13H17NO5S. The fourth-order valence-corrected chi connectivity index (χ4v) is 3.46. The van der Waals surface area contributed by atoms with Gasteiger partial charge in [0.15, 0.2) is 0 Å². The Balaban J connectivity index is 2.19. The Morgan fingerprint density at radius 2 is 2.25 bits per heavy atom. The highest BCUT2D eigenvalue weighted by Crippen LogP contribution is 2.18. The van der Waals surface area contributed by atoms with Crippen LogP contribution in [0.1, 0.15) is 22.3 Å². The van der Waals surface area contributed by atoms with Crippen LogP contribution < -0.4 is 4.72 Å². The van der Waals surface area contributed by atoms with E-state index in [0.717, 1.165) is 6.42 Å². The molecule has 1 fully saturated rings. The molecule has 0 saturated carbocycles. The maximum absolute atomic E-state index is 12.2. The molecular weight excluding hydrogens is 282 g/mol. The minimum absolute atomic E-state index is 0.0105. The molecule has 1 aromatic rings. The molecule has 2 N–H and O–H groups in total. The van der Waals surface area contributed by atoms with Gasteiger partial charge in [0.05, 0.1) is 17.1 Å². The number of nitrogens with one attached hydrogen (secondary N) is 1. The average Bonchev–Trinajstić information content (AvgIpc) is 2.89. The summed E-state index contributed by atoms with van der Waals surface area (Å²) in [5.74, 6) is -0.974. The first-order valence-electron chi connectivity index (χ1n) is 6.31. The lowest BCUT2D eigenvalue weighted by Gasteiger charge is -2.12. The van der Waals surface area contributed by atoms with Crippen molar-refractivity contribution in [3.63, 3.8) is 0 Å². The van der Waals surface area contributed by atoms with Crippen LogP contribution in [-0.2, 0) is 14.8 Å². The number of benzene rings is 1. The standard InChI is InChI=1S/C13H17NO5S/c1-9-2-3-11(13(15)16)6-12(9)20(17,18)14-7-10-4-5-19-8-10/h2-3,6,10,14H,4-5,7-8H2,1H3,(H,15,16). The number of aromatic carboxylic acids is 1. The molecule has 0 spiro atoms. The molecule has 2 rings (SSSR count). The van der Waals surface area contributed by atoms with Crippen LogP contribution in [0.2, 0.25) is 0 Å². The minimum Gasteiger partial charge on any atom is -0.478 e. The maximum Gasteiger partial charge on any atom is 0.335 e. The lowest BCUT2D eigenvalue weighted by atomic mass is 10.1. The first kappa shape index (κ1) is 15.0. The van der Waals surface area contributed by atoms with Crippen molar-refractivity contribution in [3.8, 4) is 0 Å². The van der Waals surface area contributed by atoms with E-state index in [1.807, 2.05) is 0 Å². The molecule has 0 bridgehead atoms. The molecule has 1 aromatic carbocycles. The second-order valence-electron chi connectivity index (χ2n) is 4.87. The fraction of sp³-hybridized carbons (Fsp3) is 0.462. The summed E-state index contributed by atoms with van der Waals surface area (Å²) in [6.07, 6.45) is 0.830. The van der Waals surface area contributed by atoms with Crippen molar-refractivity contribution in [1.82, 2.24) is 4.72 Å². The van der Waals surface area contributed by atoms with Crippen molar-refractivity contribution < 1.29 is 23.1 Å². The van der Waals surface area contributed by atoms with Crippen molar-refractivity contribution in [2.75, 3.05) is 19.8 Å². The smallest absolute Gasteiger partial charge is 0.335 e. The summed E-state index contributed by atoms with van der Waals surface area (Å²) in [5.41, 5.74) is 0.477. The second-order valence-corrected chi connectivity index (χ2v) is 6.60. The van der Waals surface area contributed by atoms with Gasteiger partial charge in [0.1, 0.15) is 0 Å². The van der Waals surface area contributed by atoms with E-state index in [0.29, 0.717) is 25.3 Å². The van der Waals surface area contributed by atoms with Gasteiger partial charge in [-0.15, -0.1) is 0 Å². The van der Waals surface area contributed by atoms with E-state index in [1.165, 1.54) is 18.2 Å². The number of carboxylic acid groups (broad SMARTS) is 1. The van der Waals surface area contributed by atoms with E-state index in [9.17, 15) is 13.2 Å². The van der Waals surface area contributed by atoms with Crippen molar-refractivity contribution in [3.05, 3.63) is 29.3 Å². The molecule has 1 heterocycles. The molecule has 0 aliphatic carbocycles. The van der Waals surface area contributed by atoms with Gasteiger partial charge >= 0.3 is 5.97 Å². The number of rotatable bonds is 5. The van der Waals surface area contributed by atoms with Gasteiger partial charge in [-0.05, 0) is 37.0 Å². The van der Waals surface area contributed by atoms with Gasteiger partial charge in [-0.3, -0.25) is 0 Å². The molecule has 7 heteroatoms. The highest BCUT2D eigenvalue weighted by atomic mass is 32.2. The Labute approximate surface area is 117 Å². The van der Waals surface area contributed by atoms with Crippen LogP contribution in [0.25, 0.3) is 0 Å². The summed E-state index contributed by atoms with van der Waals surface area (Å²) in [5, 5.41) is 8.94. The van der Waals surface area contributed by atoms with E-state index >= 15 is 0 Å². The summed E-state index contributed by atoms with van der Waals surface area (Å²) in [6, 6.07) is 4.07. The molecule has 6 nitrogen and oxygen atoms in total. The number of hydrogen-bond donors (Lipinski definition) is 2. The third kappa shape index (κ3) is 3.36. The van der Waals surface area contributed by atoms with E-state index in [2.05, 4.69) is 4.72 Å². The van der Waals surface area contributed by atoms with E-state index in [4.69, 9.17) is 9.84 Å². The number of hydrogen-bond acceptors (Lipinski definition) is 4. The Hall–Kier alpha value is -1.44. The molecule has 1 unspecified atom stereocenters. The molecule has 1 aliphatic rings. The summed E-state index contributed by atoms with van der Waals surface area (Å²) in [4.78, 5) is 10.9. The van der Waals surface area contributed by atoms with Crippen LogP contribution in [-0.4, -0.2) is 39.3 Å². The van der Waals surface area contributed by atoms with Crippen LogP contribution in [0.15, 0.2) is 23.1 Å². The van der Waals surface area contributed by atoms with Crippen molar-refractivity contribution >= 4 is 16.0 Å². The van der Waals surface area contributed by atoms with Crippen LogP contribution in [0, 0.1) is 12.8 Å². The minimum atomic E-state index is -3.70. The number of ether oxygens (including phenoxy) is 1. The number of carbonyl (C=O) groups is 1. The number of sulfonamides is 1. The van der Waals surface area contributed by atoms with Gasteiger partial charge in [0, 0.05) is 13.2 Å². The van der Waals surface area contributed by atoms with Crippen LogP contribution in [0.5, 0.6) is 0 Å². The third-order valence-electron chi connectivity index (χ3n) is 3.31. The molecule has 20 heavy (non-hydrogen) atoms. The molecule has 0 aromatic heterocycles. The highest BCUT2D eigenvalue weighted by Gasteiger charge is 2.22. The topological polar surface area (TPSA) is 92.7 Å². The zero-order valence-corrected chi connectivity index (χ0v) is 11.9. The Morgan fingerprint density at radius 3 is 2.85 bits per heavy atom. The quantitative estimate of drug-likeness (QED) is 0.846. The van der Waals surface area contributed by atoms with Crippen molar-refractivity contribution in [2.24, 2.45) is 5.92 Å². The zero-order chi connectivity index (χ0) is 14.8. The van der Waals surface area contributed by atoms with Gasteiger partial charge in [-0.1, -0.05) is 6.07 Å². The first-order valence-corrected chi connectivity index (χ1v) is 7.80. The predicted molar refractivity (Wildman–Crippen MR) is 72.3 cm³/mol. The molecule has 1 saturated heterocycles. The monoisotopic (exact) mass is 299 g/mol. The summed E-state index contributed by atoms with van der Waals surface area (Å²) < 4.78 is 32.2. The molecule has 1 aliphatic heterocycles. The zero-order valence-electron chi connectivity index (χ0n) is 11.1. The van der Waals surface area contributed by atoms with Gasteiger partial charge in [-0.2, -0.15) is 0 Å². The van der Waals surface area contributed by atoms with Crippen molar-refractivity contribution in [2.45, 2.75) is 18.2 Å². The maximum atomic E-state index is 12.2. The number of carboxylic acids is 1. The van der Waals surface area contributed by atoms with Crippen molar-refractivity contribution in [1.29, 1.82) is 0 Å². The fourth-order valence-electron chi connectivity index (χ4n) is 2.07. The Kier molecular flexibility index (Phi) is 4.42. The molecule has 0 radical (unpaired) electrons. The van der Waals surface area contributed by atoms with E-state index < -0.39 is 16.0 Å². The normalized spacial score (nSPS) is 19.1. The average molecular weight is 299 g/mol. The van der Waals surface area contributed by atoms with Gasteiger partial charge in [0.25, 0.3) is 0 Å². The SMILES string of the molecule is Cc1ccc(C(=O)O)cc1S(=O)(=O)NCC1CCOC1. The Morgan fingerprint density at radius 1 is 1.50 bits per heavy atom. The summed E-state index contributed by atoms with van der Waals surface area (Å²) in [6.45, 7) is 3.15. The van der Waals surface area contributed by atoms with Gasteiger partial charge in [0.2, 0.25) is 10.0 Å². The Bertz CT molecular complexity index is 605. The molecule has 110 valence electrons. The highest BCUT2D eigenvalue weighted by molar-refractivity contribution is 7.89. The van der Waals surface area contributed by atoms with Gasteiger partial charge in [-0.25, -0.2) is 17.9 Å². The van der Waals surface area contributed by atoms with Crippen LogP contribution in [0.3, 0.4) is 0 Å². The van der Waals surface area contributed by atoms with Crippen LogP contribution >= 0.6 is 0 Å². The summed E-state index contributed by atoms with van der Waals surface area (Å²) in [7, 11) is -3.70. The lowest BCUT2D eigenvalue weighted by Crippen LogP contribution is -2.30. The molecule has 0 amide bonds. The first-order chi connectivity index (χ1) is 9.40. The third-order valence-corrected chi connectivity index (χ3v) is 4.88.